The van der Waals surface area contributed by atoms with Crippen molar-refractivity contribution in [1.82, 2.24) is 9.62 Å². The van der Waals surface area contributed by atoms with Crippen LogP contribution >= 0.6 is 12.4 Å². The number of carbonyl (C=O) groups is 1. The second kappa shape index (κ2) is 8.17. The lowest BCUT2D eigenvalue weighted by Gasteiger charge is -2.30. The van der Waals surface area contributed by atoms with Crippen LogP contribution in [0, 0.1) is 11.8 Å². The SMILES string of the molecule is CC(C)[C@H](N)C(=O)NCC1CCN(S(C)(=O)=O)CC1.Cl. The second-order valence-corrected chi connectivity index (χ2v) is 7.60. The Kier molecular flexibility index (Phi) is 8.01. The lowest BCUT2D eigenvalue weighted by atomic mass is 9.97. The number of piperidine rings is 1. The van der Waals surface area contributed by atoms with Gasteiger partial charge in [0.2, 0.25) is 15.9 Å². The molecule has 0 bridgehead atoms. The standard InChI is InChI=1S/C12H25N3O3S.ClH/c1-9(2)11(13)12(16)14-8-10-4-6-15(7-5-10)19(3,17)18;/h9-11H,4-8,13H2,1-3H3,(H,14,16);1H/t11-;/m0./s1. The molecule has 3 N–H and O–H groups in total. The third-order valence-corrected chi connectivity index (χ3v) is 4.93. The quantitative estimate of drug-likeness (QED) is 0.753. The van der Waals surface area contributed by atoms with Gasteiger partial charge in [-0.05, 0) is 24.7 Å². The number of halogens is 1. The van der Waals surface area contributed by atoms with E-state index in [1.807, 2.05) is 13.8 Å². The van der Waals surface area contributed by atoms with Gasteiger partial charge >= 0.3 is 0 Å². The molecule has 0 unspecified atom stereocenters. The highest BCUT2D eigenvalue weighted by atomic mass is 35.5. The first-order valence-electron chi connectivity index (χ1n) is 6.70. The minimum atomic E-state index is -3.08. The molecule has 0 aromatic carbocycles. The van der Waals surface area contributed by atoms with Crippen LogP contribution in [0.15, 0.2) is 0 Å². The van der Waals surface area contributed by atoms with Gasteiger partial charge in [-0.3, -0.25) is 4.79 Å². The van der Waals surface area contributed by atoms with Crippen molar-refractivity contribution in [2.45, 2.75) is 32.7 Å². The fourth-order valence-electron chi connectivity index (χ4n) is 2.11. The number of nitrogens with two attached hydrogens (primary N) is 1. The minimum Gasteiger partial charge on any atom is -0.354 e. The summed E-state index contributed by atoms with van der Waals surface area (Å²) in [6.07, 6.45) is 2.80. The molecule has 0 aliphatic carbocycles. The summed E-state index contributed by atoms with van der Waals surface area (Å²) < 4.78 is 24.2. The molecular formula is C12H26ClN3O3S. The molecule has 0 spiro atoms. The Morgan fingerprint density at radius 2 is 1.85 bits per heavy atom. The van der Waals surface area contributed by atoms with Gasteiger partial charge in [0.15, 0.2) is 0 Å². The van der Waals surface area contributed by atoms with Crippen LogP contribution in [0.1, 0.15) is 26.7 Å². The van der Waals surface area contributed by atoms with E-state index >= 15 is 0 Å². The number of rotatable bonds is 5. The summed E-state index contributed by atoms with van der Waals surface area (Å²) in [7, 11) is -3.08. The lowest BCUT2D eigenvalue weighted by Crippen LogP contribution is -2.47. The Balaban J connectivity index is 0.00000361. The zero-order chi connectivity index (χ0) is 14.6. The zero-order valence-electron chi connectivity index (χ0n) is 12.3. The number of carbonyl (C=O) groups excluding carboxylic acids is 1. The molecule has 1 fully saturated rings. The molecule has 1 aliphatic rings. The van der Waals surface area contributed by atoms with Crippen molar-refractivity contribution in [3.8, 4) is 0 Å². The van der Waals surface area contributed by atoms with Crippen LogP contribution in [0.4, 0.5) is 0 Å². The maximum atomic E-state index is 11.7. The fraction of sp³-hybridized carbons (Fsp3) is 0.917. The summed E-state index contributed by atoms with van der Waals surface area (Å²) in [6.45, 7) is 5.48. The van der Waals surface area contributed by atoms with E-state index in [9.17, 15) is 13.2 Å². The van der Waals surface area contributed by atoms with Gasteiger partial charge in [0.25, 0.3) is 0 Å². The molecule has 120 valence electrons. The first-order valence-corrected chi connectivity index (χ1v) is 8.55. The van der Waals surface area contributed by atoms with E-state index in [0.717, 1.165) is 12.8 Å². The van der Waals surface area contributed by atoms with Crippen molar-refractivity contribution in [1.29, 1.82) is 0 Å². The summed E-state index contributed by atoms with van der Waals surface area (Å²) in [5, 5.41) is 2.86. The summed E-state index contributed by atoms with van der Waals surface area (Å²) in [5.41, 5.74) is 5.76. The number of amides is 1. The first kappa shape index (κ1) is 19.6. The molecule has 1 rings (SSSR count). The van der Waals surface area contributed by atoms with Gasteiger partial charge in [-0.15, -0.1) is 12.4 Å². The third-order valence-electron chi connectivity index (χ3n) is 3.63. The average molecular weight is 328 g/mol. The van der Waals surface area contributed by atoms with Crippen molar-refractivity contribution in [3.63, 3.8) is 0 Å². The first-order chi connectivity index (χ1) is 8.71. The Morgan fingerprint density at radius 3 is 2.25 bits per heavy atom. The molecule has 1 saturated heterocycles. The largest absolute Gasteiger partial charge is 0.354 e. The number of hydrogen-bond acceptors (Lipinski definition) is 4. The predicted octanol–water partition coefficient (Wildman–Crippen LogP) is 0.179. The van der Waals surface area contributed by atoms with Gasteiger partial charge in [0, 0.05) is 19.6 Å². The lowest BCUT2D eigenvalue weighted by molar-refractivity contribution is -0.123. The topological polar surface area (TPSA) is 92.5 Å². The number of nitrogens with one attached hydrogen (secondary N) is 1. The summed E-state index contributed by atoms with van der Waals surface area (Å²) in [4.78, 5) is 11.7. The molecule has 0 radical (unpaired) electrons. The Bertz CT molecular complexity index is 406. The third kappa shape index (κ3) is 5.95. The van der Waals surface area contributed by atoms with Crippen LogP contribution in [0.5, 0.6) is 0 Å². The normalized spacial score (nSPS) is 19.4. The van der Waals surface area contributed by atoms with E-state index in [0.29, 0.717) is 25.6 Å². The molecular weight excluding hydrogens is 302 g/mol. The van der Waals surface area contributed by atoms with Gasteiger partial charge in [-0.1, -0.05) is 13.8 Å². The highest BCUT2D eigenvalue weighted by molar-refractivity contribution is 7.88. The van der Waals surface area contributed by atoms with Crippen LogP contribution in [0.3, 0.4) is 0 Å². The van der Waals surface area contributed by atoms with Gasteiger partial charge in [-0.25, -0.2) is 12.7 Å². The van der Waals surface area contributed by atoms with Crippen molar-refractivity contribution >= 4 is 28.3 Å². The van der Waals surface area contributed by atoms with Crippen LogP contribution in [-0.2, 0) is 14.8 Å². The number of sulfonamides is 1. The fourth-order valence-corrected chi connectivity index (χ4v) is 2.98. The van der Waals surface area contributed by atoms with Gasteiger partial charge in [-0.2, -0.15) is 0 Å². The minimum absolute atomic E-state index is 0. The molecule has 1 amide bonds. The van der Waals surface area contributed by atoms with E-state index in [-0.39, 0.29) is 24.2 Å². The summed E-state index contributed by atoms with van der Waals surface area (Å²) in [5.74, 6) is 0.328. The smallest absolute Gasteiger partial charge is 0.237 e. The predicted molar refractivity (Wildman–Crippen MR) is 82.2 cm³/mol. The molecule has 1 aliphatic heterocycles. The van der Waals surface area contributed by atoms with E-state index in [1.54, 1.807) is 0 Å². The van der Waals surface area contributed by atoms with Crippen LogP contribution in [-0.4, -0.2) is 50.6 Å². The van der Waals surface area contributed by atoms with Crippen molar-refractivity contribution < 1.29 is 13.2 Å². The van der Waals surface area contributed by atoms with Crippen LogP contribution < -0.4 is 11.1 Å². The maximum absolute atomic E-state index is 11.7. The maximum Gasteiger partial charge on any atom is 0.237 e. The van der Waals surface area contributed by atoms with Gasteiger partial charge in [0.1, 0.15) is 0 Å². The van der Waals surface area contributed by atoms with Crippen LogP contribution in [0.2, 0.25) is 0 Å². The molecule has 20 heavy (non-hydrogen) atoms. The molecule has 8 heteroatoms. The molecule has 0 saturated carbocycles. The zero-order valence-corrected chi connectivity index (χ0v) is 14.0. The van der Waals surface area contributed by atoms with E-state index < -0.39 is 16.1 Å². The van der Waals surface area contributed by atoms with E-state index in [2.05, 4.69) is 5.32 Å². The summed E-state index contributed by atoms with van der Waals surface area (Å²) in [6, 6.07) is -0.476. The molecule has 6 nitrogen and oxygen atoms in total. The highest BCUT2D eigenvalue weighted by Gasteiger charge is 2.25. The highest BCUT2D eigenvalue weighted by Crippen LogP contribution is 2.18. The van der Waals surface area contributed by atoms with Gasteiger partial charge < -0.3 is 11.1 Å². The van der Waals surface area contributed by atoms with Crippen molar-refractivity contribution in [2.75, 3.05) is 25.9 Å². The second-order valence-electron chi connectivity index (χ2n) is 5.62. The van der Waals surface area contributed by atoms with Gasteiger partial charge in [0.05, 0.1) is 12.3 Å². The van der Waals surface area contributed by atoms with Crippen molar-refractivity contribution in [3.05, 3.63) is 0 Å². The van der Waals surface area contributed by atoms with E-state index in [1.165, 1.54) is 10.6 Å². The average Bonchev–Trinajstić information content (AvgIpc) is 2.34. The number of hydrogen-bond donors (Lipinski definition) is 2. The molecule has 1 heterocycles. The summed E-state index contributed by atoms with van der Waals surface area (Å²) >= 11 is 0. The van der Waals surface area contributed by atoms with Crippen LogP contribution in [0.25, 0.3) is 0 Å². The Morgan fingerprint density at radius 1 is 1.35 bits per heavy atom. The Labute approximate surface area is 127 Å². The number of nitrogens with zero attached hydrogens (tertiary/aromatic N) is 1. The molecule has 0 aromatic rings. The molecule has 0 aromatic heterocycles. The monoisotopic (exact) mass is 327 g/mol. The Hall–Kier alpha value is -0.370. The van der Waals surface area contributed by atoms with Crippen molar-refractivity contribution in [2.24, 2.45) is 17.6 Å². The molecule has 1 atom stereocenters. The van der Waals surface area contributed by atoms with E-state index in [4.69, 9.17) is 5.73 Å².